The van der Waals surface area contributed by atoms with Gasteiger partial charge in [-0.25, -0.2) is 4.39 Å². The molecular weight excluding hydrogens is 369 g/mol. The van der Waals surface area contributed by atoms with Crippen molar-refractivity contribution in [3.8, 4) is 10.4 Å². The number of ketones is 1. The van der Waals surface area contributed by atoms with Crippen LogP contribution < -0.4 is 5.32 Å². The van der Waals surface area contributed by atoms with Crippen molar-refractivity contribution in [2.45, 2.75) is 11.8 Å². The van der Waals surface area contributed by atoms with Crippen molar-refractivity contribution in [1.29, 1.82) is 0 Å². The van der Waals surface area contributed by atoms with E-state index in [0.717, 1.165) is 27.9 Å². The van der Waals surface area contributed by atoms with Gasteiger partial charge in [-0.3, -0.25) is 9.59 Å². The van der Waals surface area contributed by atoms with Crippen LogP contribution in [0.4, 0.5) is 10.1 Å². The Morgan fingerprint density at radius 3 is 2.62 bits per heavy atom. The highest BCUT2D eigenvalue weighted by molar-refractivity contribution is 8.00. The van der Waals surface area contributed by atoms with E-state index in [1.807, 2.05) is 41.8 Å². The number of thiophene rings is 1. The number of carbonyl (C=O) groups excluding carboxylic acids is 2. The third-order valence-corrected chi connectivity index (χ3v) is 5.64. The van der Waals surface area contributed by atoms with E-state index in [9.17, 15) is 14.0 Å². The molecule has 1 N–H and O–H groups in total. The average molecular weight is 385 g/mol. The average Bonchev–Trinajstić information content (AvgIpc) is 3.15. The fourth-order valence-electron chi connectivity index (χ4n) is 2.41. The fourth-order valence-corrected chi connectivity index (χ4v) is 3.89. The van der Waals surface area contributed by atoms with Crippen LogP contribution in [-0.2, 0) is 4.79 Å². The van der Waals surface area contributed by atoms with Gasteiger partial charge in [0.15, 0.2) is 5.78 Å². The molecule has 3 rings (SSSR count). The molecule has 6 heteroatoms. The molecule has 0 saturated carbocycles. The molecule has 0 bridgehead atoms. The van der Waals surface area contributed by atoms with Gasteiger partial charge in [0.25, 0.3) is 0 Å². The van der Waals surface area contributed by atoms with Crippen LogP contribution in [0.3, 0.4) is 0 Å². The third kappa shape index (κ3) is 4.39. The number of halogens is 1. The second kappa shape index (κ2) is 8.29. The monoisotopic (exact) mass is 385 g/mol. The molecule has 1 heterocycles. The van der Waals surface area contributed by atoms with E-state index in [0.29, 0.717) is 10.5 Å². The zero-order valence-corrected chi connectivity index (χ0v) is 15.6. The topological polar surface area (TPSA) is 46.2 Å². The standard InChI is InChI=1S/C20H16FNO2S2/c1-13(23)14-8-9-19(16(21)11-14)26-12-20(24)22-17-6-3-2-5-15(17)18-7-4-10-25-18/h2-11H,12H2,1H3,(H,22,24). The van der Waals surface area contributed by atoms with Crippen LogP contribution in [0.2, 0.25) is 0 Å². The maximum Gasteiger partial charge on any atom is 0.234 e. The van der Waals surface area contributed by atoms with Crippen molar-refractivity contribution in [2.24, 2.45) is 0 Å². The van der Waals surface area contributed by atoms with E-state index < -0.39 is 5.82 Å². The van der Waals surface area contributed by atoms with Crippen molar-refractivity contribution in [1.82, 2.24) is 0 Å². The van der Waals surface area contributed by atoms with E-state index >= 15 is 0 Å². The van der Waals surface area contributed by atoms with Crippen LogP contribution in [0.1, 0.15) is 17.3 Å². The summed E-state index contributed by atoms with van der Waals surface area (Å²) < 4.78 is 14.0. The molecule has 1 amide bonds. The molecule has 0 aliphatic rings. The first-order valence-corrected chi connectivity index (χ1v) is 9.77. The molecule has 2 aromatic carbocycles. The maximum absolute atomic E-state index is 14.0. The molecule has 26 heavy (non-hydrogen) atoms. The number of Topliss-reactive ketones (excluding diaryl/α,β-unsaturated/α-hetero) is 1. The second-order valence-electron chi connectivity index (χ2n) is 5.56. The van der Waals surface area contributed by atoms with Gasteiger partial charge in [0.2, 0.25) is 5.91 Å². The van der Waals surface area contributed by atoms with Gasteiger partial charge in [0, 0.05) is 26.6 Å². The predicted molar refractivity (Wildman–Crippen MR) is 106 cm³/mol. The van der Waals surface area contributed by atoms with Crippen LogP contribution in [0.15, 0.2) is 64.9 Å². The van der Waals surface area contributed by atoms with Crippen molar-refractivity contribution in [2.75, 3.05) is 11.1 Å². The maximum atomic E-state index is 14.0. The summed E-state index contributed by atoms with van der Waals surface area (Å²) in [4.78, 5) is 25.0. The highest BCUT2D eigenvalue weighted by Gasteiger charge is 2.12. The second-order valence-corrected chi connectivity index (χ2v) is 7.53. The van der Waals surface area contributed by atoms with E-state index in [4.69, 9.17) is 0 Å². The summed E-state index contributed by atoms with van der Waals surface area (Å²) in [6.07, 6.45) is 0. The minimum Gasteiger partial charge on any atom is -0.325 e. The smallest absolute Gasteiger partial charge is 0.234 e. The largest absolute Gasteiger partial charge is 0.325 e. The number of nitrogens with one attached hydrogen (secondary N) is 1. The summed E-state index contributed by atoms with van der Waals surface area (Å²) in [6, 6.07) is 15.8. The van der Waals surface area contributed by atoms with E-state index in [-0.39, 0.29) is 17.4 Å². The zero-order valence-electron chi connectivity index (χ0n) is 14.0. The fraction of sp³-hybridized carbons (Fsp3) is 0.100. The van der Waals surface area contributed by atoms with Gasteiger partial charge in [-0.2, -0.15) is 0 Å². The van der Waals surface area contributed by atoms with Crippen LogP contribution in [0.5, 0.6) is 0 Å². The summed E-state index contributed by atoms with van der Waals surface area (Å²) in [5.74, 6) is -0.818. The molecule has 0 radical (unpaired) electrons. The number of benzene rings is 2. The molecule has 0 aliphatic heterocycles. The summed E-state index contributed by atoms with van der Waals surface area (Å²) >= 11 is 2.70. The quantitative estimate of drug-likeness (QED) is 0.451. The molecule has 0 unspecified atom stereocenters. The van der Waals surface area contributed by atoms with Crippen molar-refractivity contribution in [3.05, 3.63) is 71.4 Å². The highest BCUT2D eigenvalue weighted by atomic mass is 32.2. The first-order valence-electron chi connectivity index (χ1n) is 7.90. The molecule has 0 spiro atoms. The number of rotatable bonds is 6. The Labute approximate surface area is 159 Å². The molecule has 0 atom stereocenters. The molecular formula is C20H16FNO2S2. The number of anilines is 1. The van der Waals surface area contributed by atoms with Crippen LogP contribution >= 0.6 is 23.1 Å². The molecule has 0 saturated heterocycles. The minimum atomic E-state index is -0.491. The summed E-state index contributed by atoms with van der Waals surface area (Å²) in [6.45, 7) is 1.39. The molecule has 3 nitrogen and oxygen atoms in total. The lowest BCUT2D eigenvalue weighted by atomic mass is 10.1. The zero-order chi connectivity index (χ0) is 18.5. The van der Waals surface area contributed by atoms with E-state index in [2.05, 4.69) is 5.32 Å². The number of carbonyl (C=O) groups is 2. The van der Waals surface area contributed by atoms with Crippen molar-refractivity contribution in [3.63, 3.8) is 0 Å². The van der Waals surface area contributed by atoms with Gasteiger partial charge in [0.1, 0.15) is 5.82 Å². The van der Waals surface area contributed by atoms with Gasteiger partial charge in [-0.05, 0) is 36.6 Å². The number of amides is 1. The number of para-hydroxylation sites is 1. The minimum absolute atomic E-state index is 0.0785. The van der Waals surface area contributed by atoms with Crippen molar-refractivity contribution >= 4 is 40.5 Å². The van der Waals surface area contributed by atoms with E-state index in [1.165, 1.54) is 19.1 Å². The number of hydrogen-bond acceptors (Lipinski definition) is 4. The van der Waals surface area contributed by atoms with Crippen molar-refractivity contribution < 1.29 is 14.0 Å². The predicted octanol–water partition coefficient (Wildman–Crippen LogP) is 5.49. The van der Waals surface area contributed by atoms with Crippen LogP contribution in [0, 0.1) is 5.82 Å². The highest BCUT2D eigenvalue weighted by Crippen LogP contribution is 2.31. The van der Waals surface area contributed by atoms with Gasteiger partial charge in [-0.1, -0.05) is 30.3 Å². The Bertz CT molecular complexity index is 939. The Hall–Kier alpha value is -2.44. The Morgan fingerprint density at radius 2 is 1.92 bits per heavy atom. The lowest BCUT2D eigenvalue weighted by Gasteiger charge is -2.10. The lowest BCUT2D eigenvalue weighted by molar-refractivity contribution is -0.113. The Balaban J connectivity index is 1.66. The van der Waals surface area contributed by atoms with Gasteiger partial charge >= 0.3 is 0 Å². The van der Waals surface area contributed by atoms with Gasteiger partial charge < -0.3 is 5.32 Å². The first kappa shape index (κ1) is 18.4. The molecule has 0 fully saturated rings. The Morgan fingerprint density at radius 1 is 1.12 bits per heavy atom. The van der Waals surface area contributed by atoms with Gasteiger partial charge in [0.05, 0.1) is 5.75 Å². The number of thioether (sulfide) groups is 1. The third-order valence-electron chi connectivity index (χ3n) is 3.68. The van der Waals surface area contributed by atoms with Gasteiger partial charge in [-0.15, -0.1) is 23.1 Å². The van der Waals surface area contributed by atoms with Crippen LogP contribution in [-0.4, -0.2) is 17.4 Å². The first-order chi connectivity index (χ1) is 12.5. The summed E-state index contributed by atoms with van der Waals surface area (Å²) in [5, 5.41) is 4.87. The molecule has 1 aromatic heterocycles. The molecule has 0 aliphatic carbocycles. The SMILES string of the molecule is CC(=O)c1ccc(SCC(=O)Nc2ccccc2-c2cccs2)c(F)c1. The Kier molecular flexibility index (Phi) is 5.85. The summed E-state index contributed by atoms with van der Waals surface area (Å²) in [5.41, 5.74) is 2.01. The molecule has 3 aromatic rings. The normalized spacial score (nSPS) is 10.5. The lowest BCUT2D eigenvalue weighted by Crippen LogP contribution is -2.14. The van der Waals surface area contributed by atoms with Crippen LogP contribution in [0.25, 0.3) is 10.4 Å². The number of hydrogen-bond donors (Lipinski definition) is 1. The van der Waals surface area contributed by atoms with E-state index in [1.54, 1.807) is 17.4 Å². The summed E-state index contributed by atoms with van der Waals surface area (Å²) in [7, 11) is 0. The molecule has 132 valence electrons.